The first-order valence-electron chi connectivity index (χ1n) is 11.3. The van der Waals surface area contributed by atoms with E-state index in [0.29, 0.717) is 11.6 Å². The van der Waals surface area contributed by atoms with E-state index in [9.17, 15) is 4.79 Å². The molecule has 0 radical (unpaired) electrons. The minimum absolute atomic E-state index is 0.0722. The van der Waals surface area contributed by atoms with Crippen LogP contribution in [-0.2, 0) is 5.54 Å². The Labute approximate surface area is 191 Å². The number of fused-ring (bicyclic) bond motifs is 1. The van der Waals surface area contributed by atoms with Crippen molar-refractivity contribution in [1.82, 2.24) is 15.6 Å². The molecular formula is C25H29N3O3Si. The summed E-state index contributed by atoms with van der Waals surface area (Å²) in [5.74, 6) is 1.44. The molecule has 1 aliphatic carbocycles. The largest absolute Gasteiger partial charge is 0.497 e. The van der Waals surface area contributed by atoms with Gasteiger partial charge in [0.15, 0.2) is 0 Å². The topological polar surface area (TPSA) is 72.5 Å². The van der Waals surface area contributed by atoms with Gasteiger partial charge in [0, 0.05) is 29.3 Å². The van der Waals surface area contributed by atoms with E-state index in [0.717, 1.165) is 69.6 Å². The maximum Gasteiger partial charge on any atom is 0.252 e. The number of aromatic nitrogens is 1. The highest BCUT2D eigenvalue weighted by molar-refractivity contribution is 6.11. The van der Waals surface area contributed by atoms with Gasteiger partial charge >= 0.3 is 0 Å². The van der Waals surface area contributed by atoms with Crippen LogP contribution in [0.2, 0.25) is 0 Å². The van der Waals surface area contributed by atoms with Gasteiger partial charge in [0.2, 0.25) is 0 Å². The summed E-state index contributed by atoms with van der Waals surface area (Å²) in [5.41, 5.74) is 3.34. The van der Waals surface area contributed by atoms with Crippen LogP contribution in [0.15, 0.2) is 48.7 Å². The van der Waals surface area contributed by atoms with Gasteiger partial charge in [-0.1, -0.05) is 12.1 Å². The van der Waals surface area contributed by atoms with Crippen molar-refractivity contribution < 1.29 is 14.3 Å². The minimum Gasteiger partial charge on any atom is -0.497 e. The minimum atomic E-state index is -0.397. The standard InChI is InChI=1S/C25H29N3O3Si/c1-15-5-6-16(31-24(32)21-7-11-27-21)12-19(15)23(29)28-25(8-9-25)20-13-17(30-2)14-22-18(20)4-3-10-26-22/h3-6,10,12-14,21,24,27H,7-9,11H2,1-2,32H3,(H,28,29)/t21-,24-/m0/s1. The van der Waals surface area contributed by atoms with Crippen LogP contribution in [0, 0.1) is 6.92 Å². The number of benzene rings is 2. The number of amides is 1. The number of pyridine rings is 1. The first-order chi connectivity index (χ1) is 15.5. The molecule has 3 aromatic rings. The third-order valence-corrected chi connectivity index (χ3v) is 7.79. The van der Waals surface area contributed by atoms with Crippen LogP contribution in [0.3, 0.4) is 0 Å². The smallest absolute Gasteiger partial charge is 0.252 e. The highest BCUT2D eigenvalue weighted by Gasteiger charge is 2.47. The molecule has 1 aromatic heterocycles. The van der Waals surface area contributed by atoms with Crippen molar-refractivity contribution in [2.45, 2.75) is 43.5 Å². The molecule has 1 saturated carbocycles. The summed E-state index contributed by atoms with van der Waals surface area (Å²) in [6.45, 7) is 3.03. The van der Waals surface area contributed by atoms with Crippen molar-refractivity contribution in [3.8, 4) is 11.5 Å². The number of nitrogens with zero attached hydrogens (tertiary/aromatic N) is 1. The van der Waals surface area contributed by atoms with Crippen molar-refractivity contribution in [3.05, 3.63) is 65.4 Å². The van der Waals surface area contributed by atoms with E-state index in [2.05, 4.69) is 21.7 Å². The first kappa shape index (κ1) is 21.0. The third-order valence-electron chi connectivity index (χ3n) is 6.75. The number of rotatable bonds is 7. The van der Waals surface area contributed by atoms with Gasteiger partial charge in [0.05, 0.1) is 34.1 Å². The van der Waals surface area contributed by atoms with Crippen molar-refractivity contribution in [3.63, 3.8) is 0 Å². The number of methoxy groups -OCH3 is 1. The van der Waals surface area contributed by atoms with Gasteiger partial charge in [-0.2, -0.15) is 0 Å². The van der Waals surface area contributed by atoms with Crippen molar-refractivity contribution in [2.75, 3.05) is 13.7 Å². The predicted octanol–water partition coefficient (Wildman–Crippen LogP) is 2.40. The Morgan fingerprint density at radius 2 is 2.06 bits per heavy atom. The number of hydrogen-bond acceptors (Lipinski definition) is 5. The molecule has 2 fully saturated rings. The maximum absolute atomic E-state index is 13.4. The van der Waals surface area contributed by atoms with Crippen LogP contribution in [0.1, 0.15) is 40.7 Å². The quantitative estimate of drug-likeness (QED) is 0.544. The summed E-state index contributed by atoms with van der Waals surface area (Å²) >= 11 is 0. The Morgan fingerprint density at radius 3 is 2.75 bits per heavy atom. The van der Waals surface area contributed by atoms with Gasteiger partial charge < -0.3 is 20.1 Å². The number of carbonyl (C=O) groups excluding carboxylic acids is 1. The molecule has 166 valence electrons. The van der Waals surface area contributed by atoms with E-state index in [1.807, 2.05) is 43.3 Å². The van der Waals surface area contributed by atoms with Crippen LogP contribution in [-0.4, -0.2) is 46.6 Å². The zero-order valence-electron chi connectivity index (χ0n) is 18.8. The number of carbonyl (C=O) groups is 1. The Morgan fingerprint density at radius 1 is 1.25 bits per heavy atom. The molecule has 2 aromatic carbocycles. The molecule has 32 heavy (non-hydrogen) atoms. The Hall–Kier alpha value is -2.90. The molecule has 1 amide bonds. The van der Waals surface area contributed by atoms with Crippen LogP contribution < -0.4 is 20.1 Å². The summed E-state index contributed by atoms with van der Waals surface area (Å²) in [7, 11) is 2.59. The van der Waals surface area contributed by atoms with Gasteiger partial charge in [0.1, 0.15) is 11.5 Å². The zero-order valence-corrected chi connectivity index (χ0v) is 20.8. The van der Waals surface area contributed by atoms with E-state index in [1.54, 1.807) is 13.3 Å². The lowest BCUT2D eigenvalue weighted by Gasteiger charge is -2.33. The lowest BCUT2D eigenvalue weighted by molar-refractivity contribution is 0.0929. The van der Waals surface area contributed by atoms with E-state index in [1.165, 1.54) is 0 Å². The highest BCUT2D eigenvalue weighted by Crippen LogP contribution is 2.49. The summed E-state index contributed by atoms with van der Waals surface area (Å²) in [6.07, 6.45) is 4.71. The monoisotopic (exact) mass is 447 g/mol. The molecule has 6 nitrogen and oxygen atoms in total. The van der Waals surface area contributed by atoms with Crippen molar-refractivity contribution in [1.29, 1.82) is 0 Å². The molecular weight excluding hydrogens is 418 g/mol. The summed E-state index contributed by atoms with van der Waals surface area (Å²) in [5, 5.41) is 7.79. The molecule has 2 atom stereocenters. The number of nitrogens with one attached hydrogen (secondary N) is 2. The molecule has 1 saturated heterocycles. The fourth-order valence-electron chi connectivity index (χ4n) is 4.47. The second-order valence-electron chi connectivity index (χ2n) is 8.93. The molecule has 7 heteroatoms. The van der Waals surface area contributed by atoms with Crippen LogP contribution in [0.4, 0.5) is 0 Å². The second-order valence-corrected chi connectivity index (χ2v) is 10.1. The molecule has 2 aliphatic rings. The normalized spacial score (nSPS) is 19.8. The lowest BCUT2D eigenvalue weighted by Crippen LogP contribution is -2.53. The summed E-state index contributed by atoms with van der Waals surface area (Å²) in [6, 6.07) is 14.2. The molecule has 0 bridgehead atoms. The zero-order chi connectivity index (χ0) is 22.3. The lowest BCUT2D eigenvalue weighted by atomic mass is 9.97. The Bertz CT molecular complexity index is 1170. The summed E-state index contributed by atoms with van der Waals surface area (Å²) < 4.78 is 11.7. The molecule has 0 spiro atoms. The predicted molar refractivity (Wildman–Crippen MR) is 129 cm³/mol. The van der Waals surface area contributed by atoms with Crippen LogP contribution in [0.5, 0.6) is 11.5 Å². The SMILES string of the molecule is COc1cc(C2(NC(=O)c3cc(O[C@@H]([SiH3])[C@@H]4CCN4)ccc3C)CC2)c2cccnc2c1. The van der Waals surface area contributed by atoms with Crippen molar-refractivity contribution >= 4 is 27.1 Å². The van der Waals surface area contributed by atoms with E-state index >= 15 is 0 Å². The molecule has 1 aliphatic heterocycles. The third kappa shape index (κ3) is 3.87. The van der Waals surface area contributed by atoms with E-state index in [4.69, 9.17) is 9.47 Å². The van der Waals surface area contributed by atoms with Crippen molar-refractivity contribution in [2.24, 2.45) is 0 Å². The number of hydrogen-bond donors (Lipinski definition) is 2. The second kappa shape index (κ2) is 8.22. The molecule has 5 rings (SSSR count). The first-order valence-corrected chi connectivity index (χ1v) is 12.4. The maximum atomic E-state index is 13.4. The van der Waals surface area contributed by atoms with Crippen LogP contribution in [0.25, 0.3) is 10.9 Å². The van der Waals surface area contributed by atoms with Gasteiger partial charge in [-0.05, 0) is 68.1 Å². The average Bonchev–Trinajstić information content (AvgIpc) is 3.53. The Balaban J connectivity index is 1.42. The number of aryl methyl sites for hydroxylation is 1. The van der Waals surface area contributed by atoms with Crippen LogP contribution >= 0.6 is 0 Å². The van der Waals surface area contributed by atoms with Gasteiger partial charge in [-0.25, -0.2) is 0 Å². The van der Waals surface area contributed by atoms with Gasteiger partial charge in [0.25, 0.3) is 5.91 Å². The van der Waals surface area contributed by atoms with Gasteiger partial charge in [-0.15, -0.1) is 0 Å². The molecule has 2 N–H and O–H groups in total. The van der Waals surface area contributed by atoms with Gasteiger partial charge in [-0.3, -0.25) is 9.78 Å². The fourth-order valence-corrected chi connectivity index (χ4v) is 5.31. The molecule has 2 heterocycles. The number of ether oxygens (including phenoxy) is 2. The van der Waals surface area contributed by atoms with E-state index in [-0.39, 0.29) is 11.6 Å². The molecule has 0 unspecified atom stereocenters. The highest BCUT2D eigenvalue weighted by atomic mass is 28.1. The fraction of sp³-hybridized carbons (Fsp3) is 0.360. The summed E-state index contributed by atoms with van der Waals surface area (Å²) in [4.78, 5) is 17.9. The average molecular weight is 448 g/mol. The Kier molecular flexibility index (Phi) is 5.39. The van der Waals surface area contributed by atoms with E-state index < -0.39 is 5.54 Å².